The summed E-state index contributed by atoms with van der Waals surface area (Å²) in [6.07, 6.45) is 3.04. The van der Waals surface area contributed by atoms with Crippen LogP contribution in [0.3, 0.4) is 0 Å². The molecule has 0 aliphatic carbocycles. The van der Waals surface area contributed by atoms with Crippen LogP contribution in [-0.2, 0) is 6.42 Å². The molecule has 1 atom stereocenters. The maximum Gasteiger partial charge on any atom is 0.191 e. The summed E-state index contributed by atoms with van der Waals surface area (Å²) in [4.78, 5) is 4.25. The first-order chi connectivity index (χ1) is 11.0. The molecule has 3 N–H and O–H groups in total. The van der Waals surface area contributed by atoms with E-state index < -0.39 is 0 Å². The van der Waals surface area contributed by atoms with Gasteiger partial charge >= 0.3 is 0 Å². The van der Waals surface area contributed by atoms with E-state index in [0.717, 1.165) is 24.4 Å². The molecule has 0 aromatic heterocycles. The van der Waals surface area contributed by atoms with E-state index in [-0.39, 0.29) is 5.75 Å². The van der Waals surface area contributed by atoms with Crippen LogP contribution in [0.1, 0.15) is 39.2 Å². The number of ether oxygens (including phenoxy) is 1. The molecule has 5 nitrogen and oxygen atoms in total. The van der Waals surface area contributed by atoms with Gasteiger partial charge in [-0.25, -0.2) is 0 Å². The van der Waals surface area contributed by atoms with Crippen LogP contribution in [-0.4, -0.2) is 37.8 Å². The lowest BCUT2D eigenvalue weighted by Crippen LogP contribution is -2.43. The van der Waals surface area contributed by atoms with Gasteiger partial charge in [-0.05, 0) is 43.7 Å². The zero-order valence-corrected chi connectivity index (χ0v) is 15.0. The summed E-state index contributed by atoms with van der Waals surface area (Å²) in [6.45, 7) is 7.35. The molecular formula is C18H31N3O2. The molecule has 0 radical (unpaired) electrons. The zero-order valence-electron chi connectivity index (χ0n) is 15.0. The smallest absolute Gasteiger partial charge is 0.191 e. The van der Waals surface area contributed by atoms with E-state index in [0.29, 0.717) is 24.3 Å². The Bertz CT molecular complexity index is 501. The summed E-state index contributed by atoms with van der Waals surface area (Å²) in [5, 5.41) is 16.6. The molecule has 1 rings (SSSR count). The molecule has 0 amide bonds. The topological polar surface area (TPSA) is 65.9 Å². The molecule has 0 aliphatic heterocycles. The van der Waals surface area contributed by atoms with Gasteiger partial charge in [0, 0.05) is 25.7 Å². The molecule has 0 saturated carbocycles. The lowest BCUT2D eigenvalue weighted by molar-refractivity contribution is 0.406. The minimum absolute atomic E-state index is 0.263. The number of nitrogens with one attached hydrogen (secondary N) is 2. The van der Waals surface area contributed by atoms with Gasteiger partial charge in [0.05, 0.1) is 7.11 Å². The van der Waals surface area contributed by atoms with E-state index in [1.54, 1.807) is 20.2 Å². The maximum atomic E-state index is 9.96. The number of rotatable bonds is 8. The Labute approximate surface area is 140 Å². The summed E-state index contributed by atoms with van der Waals surface area (Å²) >= 11 is 0. The molecule has 5 heteroatoms. The van der Waals surface area contributed by atoms with E-state index in [1.165, 1.54) is 6.42 Å². The van der Waals surface area contributed by atoms with Crippen molar-refractivity contribution in [3.63, 3.8) is 0 Å². The third-order valence-corrected chi connectivity index (χ3v) is 3.76. The number of aliphatic imine (C=N–C) groups is 1. The predicted octanol–water partition coefficient (Wildman–Crippen LogP) is 2.93. The molecule has 0 fully saturated rings. The van der Waals surface area contributed by atoms with E-state index >= 15 is 0 Å². The number of nitrogens with zero attached hydrogens (tertiary/aromatic N) is 1. The van der Waals surface area contributed by atoms with Gasteiger partial charge in [0.25, 0.3) is 0 Å². The Balaban J connectivity index is 2.40. The van der Waals surface area contributed by atoms with Crippen LogP contribution in [0, 0.1) is 5.92 Å². The third-order valence-electron chi connectivity index (χ3n) is 3.76. The highest BCUT2D eigenvalue weighted by Gasteiger charge is 2.07. The zero-order chi connectivity index (χ0) is 17.2. The van der Waals surface area contributed by atoms with E-state index in [9.17, 15) is 5.11 Å². The fraction of sp³-hybridized carbons (Fsp3) is 0.611. The van der Waals surface area contributed by atoms with Crippen LogP contribution in [0.2, 0.25) is 0 Å². The molecule has 0 bridgehead atoms. The van der Waals surface area contributed by atoms with Gasteiger partial charge in [0.1, 0.15) is 11.5 Å². The summed E-state index contributed by atoms with van der Waals surface area (Å²) in [6, 6.07) is 5.77. The number of phenols is 1. The van der Waals surface area contributed by atoms with Gasteiger partial charge < -0.3 is 20.5 Å². The Morgan fingerprint density at radius 1 is 1.26 bits per heavy atom. The fourth-order valence-electron chi connectivity index (χ4n) is 2.28. The van der Waals surface area contributed by atoms with Gasteiger partial charge in [-0.1, -0.05) is 19.9 Å². The first-order valence-corrected chi connectivity index (χ1v) is 8.29. The second-order valence-corrected chi connectivity index (χ2v) is 6.26. The van der Waals surface area contributed by atoms with Crippen LogP contribution in [0.15, 0.2) is 23.2 Å². The summed E-state index contributed by atoms with van der Waals surface area (Å²) in [5.74, 6) is 2.44. The number of methoxy groups -OCH3 is 1. The van der Waals surface area contributed by atoms with Gasteiger partial charge in [-0.3, -0.25) is 4.99 Å². The molecule has 0 saturated heterocycles. The Kier molecular flexibility index (Phi) is 8.30. The fourth-order valence-corrected chi connectivity index (χ4v) is 2.28. The number of guanidine groups is 1. The SMILES string of the molecule is CN=C(NCCc1ccc(OC)cc1O)NC(C)CCC(C)C. The van der Waals surface area contributed by atoms with Crippen LogP contribution >= 0.6 is 0 Å². The Hall–Kier alpha value is -1.91. The van der Waals surface area contributed by atoms with Gasteiger partial charge in [-0.15, -0.1) is 0 Å². The lowest BCUT2D eigenvalue weighted by Gasteiger charge is -2.18. The monoisotopic (exact) mass is 321 g/mol. The first-order valence-electron chi connectivity index (χ1n) is 8.29. The largest absolute Gasteiger partial charge is 0.508 e. The van der Waals surface area contributed by atoms with Gasteiger partial charge in [0.15, 0.2) is 5.96 Å². The number of hydrogen-bond donors (Lipinski definition) is 3. The molecule has 1 aromatic rings. The lowest BCUT2D eigenvalue weighted by atomic mass is 10.0. The van der Waals surface area contributed by atoms with Crippen LogP contribution in [0.4, 0.5) is 0 Å². The number of hydrogen-bond acceptors (Lipinski definition) is 3. The highest BCUT2D eigenvalue weighted by molar-refractivity contribution is 5.79. The molecule has 130 valence electrons. The van der Waals surface area contributed by atoms with Crippen molar-refractivity contribution in [1.29, 1.82) is 0 Å². The van der Waals surface area contributed by atoms with Crippen LogP contribution < -0.4 is 15.4 Å². The third kappa shape index (κ3) is 7.26. The molecule has 0 aliphatic rings. The number of phenolic OH excluding ortho intramolecular Hbond substituents is 1. The van der Waals surface area contributed by atoms with Gasteiger partial charge in [0.2, 0.25) is 0 Å². The minimum Gasteiger partial charge on any atom is -0.508 e. The average Bonchev–Trinajstić information content (AvgIpc) is 2.53. The molecule has 23 heavy (non-hydrogen) atoms. The average molecular weight is 321 g/mol. The highest BCUT2D eigenvalue weighted by Crippen LogP contribution is 2.23. The molecule has 0 spiro atoms. The number of aromatic hydroxyl groups is 1. The van der Waals surface area contributed by atoms with Crippen LogP contribution in [0.5, 0.6) is 11.5 Å². The number of benzene rings is 1. The second-order valence-electron chi connectivity index (χ2n) is 6.26. The van der Waals surface area contributed by atoms with Crippen molar-refractivity contribution < 1.29 is 9.84 Å². The van der Waals surface area contributed by atoms with Crippen molar-refractivity contribution in [3.8, 4) is 11.5 Å². The molecular weight excluding hydrogens is 290 g/mol. The highest BCUT2D eigenvalue weighted by atomic mass is 16.5. The van der Waals surface area contributed by atoms with E-state index in [2.05, 4.69) is 36.4 Å². The van der Waals surface area contributed by atoms with Crippen molar-refractivity contribution in [1.82, 2.24) is 10.6 Å². The predicted molar refractivity (Wildman–Crippen MR) is 96.4 cm³/mol. The van der Waals surface area contributed by atoms with Crippen molar-refractivity contribution in [2.24, 2.45) is 10.9 Å². The van der Waals surface area contributed by atoms with Crippen molar-refractivity contribution in [2.45, 2.75) is 46.1 Å². The molecule has 1 unspecified atom stereocenters. The summed E-state index contributed by atoms with van der Waals surface area (Å²) < 4.78 is 5.09. The molecule has 0 heterocycles. The van der Waals surface area contributed by atoms with E-state index in [4.69, 9.17) is 4.74 Å². The normalized spacial score (nSPS) is 13.0. The van der Waals surface area contributed by atoms with Crippen LogP contribution in [0.25, 0.3) is 0 Å². The standard InChI is InChI=1S/C18H31N3O2/c1-13(2)6-7-14(3)21-18(19-4)20-11-10-15-8-9-16(23-5)12-17(15)22/h8-9,12-14,22H,6-7,10-11H2,1-5H3,(H2,19,20,21). The van der Waals surface area contributed by atoms with Crippen molar-refractivity contribution >= 4 is 5.96 Å². The quantitative estimate of drug-likeness (QED) is 0.509. The van der Waals surface area contributed by atoms with Gasteiger partial charge in [-0.2, -0.15) is 0 Å². The maximum absolute atomic E-state index is 9.96. The second kappa shape index (κ2) is 9.98. The minimum atomic E-state index is 0.263. The summed E-state index contributed by atoms with van der Waals surface area (Å²) in [7, 11) is 3.36. The molecule has 1 aromatic carbocycles. The Morgan fingerprint density at radius 3 is 2.57 bits per heavy atom. The first kappa shape index (κ1) is 19.1. The summed E-state index contributed by atoms with van der Waals surface area (Å²) in [5.41, 5.74) is 0.890. The van der Waals surface area contributed by atoms with Crippen molar-refractivity contribution in [3.05, 3.63) is 23.8 Å². The Morgan fingerprint density at radius 2 is 2.00 bits per heavy atom. The van der Waals surface area contributed by atoms with E-state index in [1.807, 2.05) is 12.1 Å². The van der Waals surface area contributed by atoms with Crippen molar-refractivity contribution in [2.75, 3.05) is 20.7 Å².